The van der Waals surface area contributed by atoms with Gasteiger partial charge in [-0.2, -0.15) is 0 Å². The van der Waals surface area contributed by atoms with Crippen molar-refractivity contribution in [2.45, 2.75) is 51.7 Å². The lowest BCUT2D eigenvalue weighted by Gasteiger charge is -2.48. The van der Waals surface area contributed by atoms with E-state index in [1.165, 1.54) is 18.3 Å². The highest BCUT2D eigenvalue weighted by molar-refractivity contribution is 9.11. The maximum atomic E-state index is 10.8. The van der Waals surface area contributed by atoms with Gasteiger partial charge >= 0.3 is 5.97 Å². The van der Waals surface area contributed by atoms with E-state index >= 15 is 0 Å². The molecule has 1 aliphatic carbocycles. The van der Waals surface area contributed by atoms with Crippen molar-refractivity contribution in [1.29, 1.82) is 0 Å². The first-order chi connectivity index (χ1) is 10.9. The van der Waals surface area contributed by atoms with Crippen molar-refractivity contribution in [3.05, 3.63) is 14.9 Å². The Balaban J connectivity index is 1.61. The van der Waals surface area contributed by atoms with Crippen molar-refractivity contribution in [2.75, 3.05) is 11.9 Å². The smallest absolute Gasteiger partial charge is 0.302 e. The number of ether oxygens (including phenoxy) is 1. The standard InChI is InChI=1S/C15H21BrN2O4S/c1-7-11-13(23-12(7)16)17-15(21)18(14(11)20)10-5-9(6-10)3-4-22-8(2)19/h9-10,14-15,17,20-21H,3-6H2,1-2H3. The molecule has 1 fully saturated rings. The summed E-state index contributed by atoms with van der Waals surface area (Å²) in [7, 11) is 0. The largest absolute Gasteiger partial charge is 0.466 e. The molecule has 1 aromatic rings. The summed E-state index contributed by atoms with van der Waals surface area (Å²) < 4.78 is 5.94. The number of hydrogen-bond donors (Lipinski definition) is 3. The molecule has 0 aromatic carbocycles. The summed E-state index contributed by atoms with van der Waals surface area (Å²) >= 11 is 4.98. The molecule has 1 aliphatic heterocycles. The van der Waals surface area contributed by atoms with E-state index in [0.717, 1.165) is 39.2 Å². The van der Waals surface area contributed by atoms with Gasteiger partial charge in [0.15, 0.2) is 6.35 Å². The minimum absolute atomic E-state index is 0.126. The number of aliphatic hydroxyl groups excluding tert-OH is 2. The molecular formula is C15H21BrN2O4S. The van der Waals surface area contributed by atoms with Gasteiger partial charge in [-0.15, -0.1) is 11.3 Å². The third-order valence-electron chi connectivity index (χ3n) is 4.68. The predicted molar refractivity (Wildman–Crippen MR) is 90.9 cm³/mol. The third kappa shape index (κ3) is 3.28. The van der Waals surface area contributed by atoms with Crippen LogP contribution in [0.4, 0.5) is 5.00 Å². The van der Waals surface area contributed by atoms with Crippen LogP contribution in [0.5, 0.6) is 0 Å². The monoisotopic (exact) mass is 404 g/mol. The van der Waals surface area contributed by atoms with E-state index < -0.39 is 12.6 Å². The molecule has 1 saturated carbocycles. The molecule has 0 saturated heterocycles. The van der Waals surface area contributed by atoms with Gasteiger partial charge in [0.25, 0.3) is 0 Å². The minimum Gasteiger partial charge on any atom is -0.466 e. The Bertz CT molecular complexity index is 603. The molecule has 0 amide bonds. The molecule has 2 unspecified atom stereocenters. The lowest BCUT2D eigenvalue weighted by atomic mass is 9.77. The average molecular weight is 405 g/mol. The summed E-state index contributed by atoms with van der Waals surface area (Å²) in [4.78, 5) is 12.5. The fourth-order valence-electron chi connectivity index (χ4n) is 3.34. The van der Waals surface area contributed by atoms with Crippen LogP contribution in [0.1, 0.15) is 43.5 Å². The summed E-state index contributed by atoms with van der Waals surface area (Å²) in [6.45, 7) is 3.81. The number of fused-ring (bicyclic) bond motifs is 1. The van der Waals surface area contributed by atoms with Crippen LogP contribution in [0.3, 0.4) is 0 Å². The van der Waals surface area contributed by atoms with Crippen molar-refractivity contribution in [3.63, 3.8) is 0 Å². The quantitative estimate of drug-likeness (QED) is 0.668. The van der Waals surface area contributed by atoms with Gasteiger partial charge in [0, 0.05) is 18.5 Å². The number of anilines is 1. The number of nitrogens with zero attached hydrogens (tertiary/aromatic N) is 1. The first-order valence-corrected chi connectivity index (χ1v) is 9.31. The second-order valence-electron chi connectivity index (χ2n) is 6.20. The summed E-state index contributed by atoms with van der Waals surface area (Å²) in [5, 5.41) is 24.9. The highest BCUT2D eigenvalue weighted by atomic mass is 79.9. The number of carbonyl (C=O) groups excluding carboxylic acids is 1. The van der Waals surface area contributed by atoms with Crippen LogP contribution < -0.4 is 5.32 Å². The highest BCUT2D eigenvalue weighted by Crippen LogP contribution is 2.47. The van der Waals surface area contributed by atoms with E-state index in [-0.39, 0.29) is 12.0 Å². The Kier molecular flexibility index (Phi) is 4.98. The number of carbonyl (C=O) groups is 1. The van der Waals surface area contributed by atoms with Crippen LogP contribution in [0, 0.1) is 12.8 Å². The molecule has 3 rings (SSSR count). The van der Waals surface area contributed by atoms with Gasteiger partial charge in [-0.05, 0) is 53.6 Å². The first-order valence-electron chi connectivity index (χ1n) is 7.70. The van der Waals surface area contributed by atoms with Crippen molar-refractivity contribution < 1.29 is 19.7 Å². The predicted octanol–water partition coefficient (Wildman–Crippen LogP) is 2.55. The third-order valence-corrected chi connectivity index (χ3v) is 6.79. The zero-order valence-corrected chi connectivity index (χ0v) is 15.5. The molecule has 128 valence electrons. The Labute approximate surface area is 147 Å². The van der Waals surface area contributed by atoms with E-state index in [2.05, 4.69) is 21.2 Å². The van der Waals surface area contributed by atoms with Crippen molar-refractivity contribution in [2.24, 2.45) is 5.92 Å². The van der Waals surface area contributed by atoms with Crippen LogP contribution in [0.15, 0.2) is 3.79 Å². The Morgan fingerprint density at radius 3 is 2.83 bits per heavy atom. The SMILES string of the molecule is CC(=O)OCCC1CC(N2C(O)Nc3sc(Br)c(C)c3C2O)C1. The number of thiophene rings is 1. The normalized spacial score (nSPS) is 30.3. The van der Waals surface area contributed by atoms with Crippen LogP contribution in [0.25, 0.3) is 0 Å². The van der Waals surface area contributed by atoms with Crippen molar-refractivity contribution >= 4 is 38.2 Å². The van der Waals surface area contributed by atoms with E-state index in [9.17, 15) is 15.0 Å². The van der Waals surface area contributed by atoms with Crippen LogP contribution in [0.2, 0.25) is 0 Å². The Morgan fingerprint density at radius 1 is 1.48 bits per heavy atom. The van der Waals surface area contributed by atoms with Crippen molar-refractivity contribution in [3.8, 4) is 0 Å². The molecule has 0 spiro atoms. The maximum absolute atomic E-state index is 10.8. The van der Waals surface area contributed by atoms with Gasteiger partial charge in [0.1, 0.15) is 6.23 Å². The second kappa shape index (κ2) is 6.68. The highest BCUT2D eigenvalue weighted by Gasteiger charge is 2.44. The molecule has 3 N–H and O–H groups in total. The van der Waals surface area contributed by atoms with Gasteiger partial charge in [0.2, 0.25) is 0 Å². The molecule has 0 radical (unpaired) electrons. The summed E-state index contributed by atoms with van der Waals surface area (Å²) in [5.74, 6) is 0.216. The van der Waals surface area contributed by atoms with Gasteiger partial charge in [-0.3, -0.25) is 4.79 Å². The number of halogens is 1. The zero-order chi connectivity index (χ0) is 16.7. The number of nitrogens with one attached hydrogen (secondary N) is 1. The number of aliphatic hydroxyl groups is 2. The van der Waals surface area contributed by atoms with Crippen LogP contribution in [-0.4, -0.2) is 40.1 Å². The molecule has 8 heteroatoms. The van der Waals surface area contributed by atoms with Gasteiger partial charge in [-0.1, -0.05) is 0 Å². The van der Waals surface area contributed by atoms with Crippen molar-refractivity contribution in [1.82, 2.24) is 4.90 Å². The zero-order valence-electron chi connectivity index (χ0n) is 13.1. The number of esters is 1. The summed E-state index contributed by atoms with van der Waals surface area (Å²) in [6, 6.07) is 0.126. The number of hydrogen-bond acceptors (Lipinski definition) is 7. The molecular weight excluding hydrogens is 384 g/mol. The summed E-state index contributed by atoms with van der Waals surface area (Å²) in [5.41, 5.74) is 1.85. The molecule has 6 nitrogen and oxygen atoms in total. The fourth-order valence-corrected chi connectivity index (χ4v) is 5.01. The van der Waals surface area contributed by atoms with Gasteiger partial charge < -0.3 is 20.3 Å². The van der Waals surface area contributed by atoms with Crippen LogP contribution >= 0.6 is 27.3 Å². The molecule has 23 heavy (non-hydrogen) atoms. The average Bonchev–Trinajstić information content (AvgIpc) is 2.69. The Morgan fingerprint density at radius 2 is 2.17 bits per heavy atom. The number of rotatable bonds is 4. The first kappa shape index (κ1) is 17.2. The van der Waals surface area contributed by atoms with Crippen LogP contribution in [-0.2, 0) is 9.53 Å². The van der Waals surface area contributed by atoms with E-state index in [4.69, 9.17) is 4.74 Å². The molecule has 2 heterocycles. The van der Waals surface area contributed by atoms with Gasteiger partial charge in [-0.25, -0.2) is 4.90 Å². The lowest BCUT2D eigenvalue weighted by Crippen LogP contribution is -2.56. The van der Waals surface area contributed by atoms with Gasteiger partial charge in [0.05, 0.1) is 15.4 Å². The van der Waals surface area contributed by atoms with E-state index in [1.807, 2.05) is 6.92 Å². The summed E-state index contributed by atoms with van der Waals surface area (Å²) in [6.07, 6.45) is 0.913. The topological polar surface area (TPSA) is 82.0 Å². The molecule has 0 bridgehead atoms. The molecule has 1 aromatic heterocycles. The maximum Gasteiger partial charge on any atom is 0.302 e. The lowest BCUT2D eigenvalue weighted by molar-refractivity contribution is -0.149. The van der Waals surface area contributed by atoms with E-state index in [1.54, 1.807) is 4.90 Å². The fraction of sp³-hybridized carbons (Fsp3) is 0.667. The Hall–Kier alpha value is -0.670. The molecule has 2 atom stereocenters. The second-order valence-corrected chi connectivity index (χ2v) is 8.54. The minimum atomic E-state index is -0.887. The molecule has 2 aliphatic rings. The van der Waals surface area contributed by atoms with E-state index in [0.29, 0.717) is 12.5 Å².